The molecule has 32 heavy (non-hydrogen) atoms. The number of amides is 2. The van der Waals surface area contributed by atoms with Crippen molar-refractivity contribution in [1.82, 2.24) is 4.90 Å². The summed E-state index contributed by atoms with van der Waals surface area (Å²) in [7, 11) is 0. The number of aryl methyl sites for hydroxylation is 1. The summed E-state index contributed by atoms with van der Waals surface area (Å²) < 4.78 is 0. The van der Waals surface area contributed by atoms with Gasteiger partial charge in [-0.2, -0.15) is 0 Å². The van der Waals surface area contributed by atoms with E-state index in [-0.39, 0.29) is 30.0 Å². The molecule has 7 nitrogen and oxygen atoms in total. The zero-order valence-corrected chi connectivity index (χ0v) is 18.8. The molecule has 2 amide bonds. The third-order valence-electron chi connectivity index (χ3n) is 7.55. The molecule has 2 saturated heterocycles. The van der Waals surface area contributed by atoms with Crippen molar-refractivity contribution in [3.63, 3.8) is 0 Å². The van der Waals surface area contributed by atoms with Crippen molar-refractivity contribution in [1.29, 1.82) is 0 Å². The number of nitrogens with zero attached hydrogens (tertiary/aromatic N) is 3. The Balaban J connectivity index is 1.50. The standard InChI is InChI=1S/C25H33N3O4/c1-3-13-28(24(31)32)22-10-7-20(16-18(22)2)26-14-4-11-25(17-26)12-15-27(23(25)30)19-5-8-21(29)9-6-19/h1,7,10,16,19,21,29H,4-6,8-9,11-15,17H2,2H3,(H,31,32). The fourth-order valence-corrected chi connectivity index (χ4v) is 5.78. The summed E-state index contributed by atoms with van der Waals surface area (Å²) in [5.74, 6) is 2.68. The van der Waals surface area contributed by atoms with E-state index in [1.54, 1.807) is 0 Å². The van der Waals surface area contributed by atoms with Gasteiger partial charge in [0, 0.05) is 31.4 Å². The lowest BCUT2D eigenvalue weighted by Gasteiger charge is -2.41. The van der Waals surface area contributed by atoms with E-state index in [4.69, 9.17) is 6.42 Å². The van der Waals surface area contributed by atoms with Gasteiger partial charge in [-0.15, -0.1) is 6.42 Å². The van der Waals surface area contributed by atoms with Crippen LogP contribution >= 0.6 is 0 Å². The molecule has 2 aliphatic heterocycles. The number of hydrogen-bond donors (Lipinski definition) is 2. The lowest BCUT2D eigenvalue weighted by atomic mass is 9.78. The molecule has 0 aromatic heterocycles. The highest BCUT2D eigenvalue weighted by atomic mass is 16.4. The summed E-state index contributed by atoms with van der Waals surface area (Å²) in [5.41, 5.74) is 2.12. The second-order valence-corrected chi connectivity index (χ2v) is 9.56. The zero-order valence-electron chi connectivity index (χ0n) is 18.8. The van der Waals surface area contributed by atoms with Crippen molar-refractivity contribution in [2.75, 3.05) is 36.0 Å². The molecule has 0 radical (unpaired) electrons. The van der Waals surface area contributed by atoms with Gasteiger partial charge in [0.1, 0.15) is 0 Å². The second-order valence-electron chi connectivity index (χ2n) is 9.56. The number of hydrogen-bond acceptors (Lipinski definition) is 4. The highest BCUT2D eigenvalue weighted by Gasteiger charge is 2.50. The first-order valence-electron chi connectivity index (χ1n) is 11.6. The van der Waals surface area contributed by atoms with Gasteiger partial charge in [-0.1, -0.05) is 5.92 Å². The Hall–Kier alpha value is -2.72. The molecule has 2 N–H and O–H groups in total. The van der Waals surface area contributed by atoms with E-state index in [1.807, 2.05) is 25.1 Å². The molecule has 1 unspecified atom stereocenters. The van der Waals surface area contributed by atoms with Crippen LogP contribution in [0.5, 0.6) is 0 Å². The SMILES string of the molecule is C#CCN(C(=O)O)c1ccc(N2CCCC3(CCN(C4CCC(O)CC4)C3=O)C2)cc1C. The Morgan fingerprint density at radius 1 is 1.25 bits per heavy atom. The largest absolute Gasteiger partial charge is 0.465 e. The van der Waals surface area contributed by atoms with Gasteiger partial charge >= 0.3 is 6.09 Å². The Morgan fingerprint density at radius 2 is 2.00 bits per heavy atom. The lowest BCUT2D eigenvalue weighted by molar-refractivity contribution is -0.139. The number of carboxylic acid groups (broad SMARTS) is 1. The van der Waals surface area contributed by atoms with Crippen LogP contribution in [0.4, 0.5) is 16.2 Å². The van der Waals surface area contributed by atoms with Crippen molar-refractivity contribution in [2.24, 2.45) is 5.41 Å². The summed E-state index contributed by atoms with van der Waals surface area (Å²) in [4.78, 5) is 30.7. The number of rotatable bonds is 4. The molecule has 1 spiro atoms. The van der Waals surface area contributed by atoms with E-state index in [0.717, 1.165) is 69.3 Å². The number of carbonyl (C=O) groups excluding carboxylic acids is 1. The summed E-state index contributed by atoms with van der Waals surface area (Å²) in [6, 6.07) is 6.02. The van der Waals surface area contributed by atoms with Gasteiger partial charge in [0.25, 0.3) is 0 Å². The maximum atomic E-state index is 13.5. The van der Waals surface area contributed by atoms with Crippen LogP contribution in [0.25, 0.3) is 0 Å². The van der Waals surface area contributed by atoms with Gasteiger partial charge in [0.2, 0.25) is 5.91 Å². The van der Waals surface area contributed by atoms with Crippen molar-refractivity contribution in [2.45, 2.75) is 64.0 Å². The molecule has 2 heterocycles. The van der Waals surface area contributed by atoms with Gasteiger partial charge in [-0.05, 0) is 75.6 Å². The molecule has 1 aliphatic carbocycles. The Kier molecular flexibility index (Phi) is 6.34. The van der Waals surface area contributed by atoms with E-state index < -0.39 is 6.09 Å². The highest BCUT2D eigenvalue weighted by Crippen LogP contribution is 2.43. The number of anilines is 2. The van der Waals surface area contributed by atoms with Gasteiger partial charge < -0.3 is 20.0 Å². The third-order valence-corrected chi connectivity index (χ3v) is 7.55. The summed E-state index contributed by atoms with van der Waals surface area (Å²) in [6.07, 6.45) is 10.2. The van der Waals surface area contributed by atoms with Crippen molar-refractivity contribution in [3.8, 4) is 12.3 Å². The van der Waals surface area contributed by atoms with E-state index in [9.17, 15) is 19.8 Å². The first kappa shape index (κ1) is 22.5. The normalized spacial score (nSPS) is 28.1. The summed E-state index contributed by atoms with van der Waals surface area (Å²) >= 11 is 0. The molecule has 1 atom stereocenters. The summed E-state index contributed by atoms with van der Waals surface area (Å²) in [6.45, 7) is 4.29. The lowest BCUT2D eigenvalue weighted by Crippen LogP contribution is -2.50. The fraction of sp³-hybridized carbons (Fsp3) is 0.600. The smallest absolute Gasteiger partial charge is 0.412 e. The predicted octanol–water partition coefficient (Wildman–Crippen LogP) is 3.24. The van der Waals surface area contributed by atoms with Crippen molar-refractivity contribution < 1.29 is 19.8 Å². The van der Waals surface area contributed by atoms with Gasteiger partial charge in [0.05, 0.1) is 23.8 Å². The van der Waals surface area contributed by atoms with Crippen LogP contribution in [-0.4, -0.2) is 65.4 Å². The number of terminal acetylenes is 1. The molecule has 172 valence electrons. The molecule has 1 saturated carbocycles. The average Bonchev–Trinajstić information content (AvgIpc) is 3.08. The maximum absolute atomic E-state index is 13.5. The van der Waals surface area contributed by atoms with Gasteiger partial charge in [0.15, 0.2) is 0 Å². The van der Waals surface area contributed by atoms with Crippen LogP contribution in [0, 0.1) is 24.7 Å². The molecule has 3 aliphatic rings. The monoisotopic (exact) mass is 439 g/mol. The fourth-order valence-electron chi connectivity index (χ4n) is 5.78. The maximum Gasteiger partial charge on any atom is 0.412 e. The number of aliphatic hydroxyl groups excluding tert-OH is 1. The number of piperidine rings is 1. The first-order valence-corrected chi connectivity index (χ1v) is 11.6. The van der Waals surface area contributed by atoms with Crippen LogP contribution in [0.2, 0.25) is 0 Å². The van der Waals surface area contributed by atoms with Crippen LogP contribution in [0.15, 0.2) is 18.2 Å². The quantitative estimate of drug-likeness (QED) is 0.704. The van der Waals surface area contributed by atoms with Crippen molar-refractivity contribution in [3.05, 3.63) is 23.8 Å². The van der Waals surface area contributed by atoms with Crippen LogP contribution in [0.1, 0.15) is 50.5 Å². The Labute approximate surface area is 190 Å². The van der Waals surface area contributed by atoms with E-state index in [0.29, 0.717) is 12.2 Å². The molecular weight excluding hydrogens is 406 g/mol. The topological polar surface area (TPSA) is 84.3 Å². The molecule has 1 aromatic carbocycles. The van der Waals surface area contributed by atoms with E-state index in [1.165, 1.54) is 4.90 Å². The molecule has 3 fully saturated rings. The molecule has 1 aromatic rings. The molecule has 7 heteroatoms. The average molecular weight is 440 g/mol. The van der Waals surface area contributed by atoms with Gasteiger partial charge in [-0.3, -0.25) is 9.69 Å². The molecular formula is C25H33N3O4. The van der Waals surface area contributed by atoms with E-state index in [2.05, 4.69) is 15.7 Å². The predicted molar refractivity (Wildman–Crippen MR) is 124 cm³/mol. The third kappa shape index (κ3) is 4.16. The minimum atomic E-state index is -1.07. The first-order chi connectivity index (χ1) is 15.3. The minimum Gasteiger partial charge on any atom is -0.465 e. The number of likely N-dealkylation sites (tertiary alicyclic amines) is 1. The van der Waals surface area contributed by atoms with Crippen LogP contribution in [-0.2, 0) is 4.79 Å². The second kappa shape index (κ2) is 9.03. The number of aliphatic hydroxyl groups is 1. The minimum absolute atomic E-state index is 0.00484. The van der Waals surface area contributed by atoms with Gasteiger partial charge in [-0.25, -0.2) is 4.79 Å². The Morgan fingerprint density at radius 3 is 2.66 bits per heavy atom. The Bertz CT molecular complexity index is 918. The molecule has 0 bridgehead atoms. The van der Waals surface area contributed by atoms with Crippen molar-refractivity contribution >= 4 is 23.4 Å². The zero-order chi connectivity index (χ0) is 22.9. The number of benzene rings is 1. The number of carbonyl (C=O) groups is 2. The van der Waals surface area contributed by atoms with E-state index >= 15 is 0 Å². The van der Waals surface area contributed by atoms with Crippen LogP contribution in [0.3, 0.4) is 0 Å². The summed E-state index contributed by atoms with van der Waals surface area (Å²) in [5, 5.41) is 19.3. The van der Waals surface area contributed by atoms with Crippen LogP contribution < -0.4 is 9.80 Å². The highest BCUT2D eigenvalue weighted by molar-refractivity contribution is 5.88. The molecule has 4 rings (SSSR count).